The number of aryl methyl sites for hydroxylation is 2. The molecule has 0 N–H and O–H groups in total. The van der Waals surface area contributed by atoms with Crippen molar-refractivity contribution in [3.63, 3.8) is 0 Å². The number of fused-ring (bicyclic) bond motifs is 2. The van der Waals surface area contributed by atoms with Gasteiger partial charge in [0.25, 0.3) is 0 Å². The summed E-state index contributed by atoms with van der Waals surface area (Å²) in [4.78, 5) is 21.6. The maximum absolute atomic E-state index is 10.8. The van der Waals surface area contributed by atoms with Gasteiger partial charge in [0.05, 0.1) is 11.9 Å². The molecule has 0 atom stereocenters. The van der Waals surface area contributed by atoms with Crippen LogP contribution in [0.5, 0.6) is 0 Å². The first-order valence-corrected chi connectivity index (χ1v) is 8.79. The molecule has 0 amide bonds. The maximum atomic E-state index is 10.8. The molecule has 29 heavy (non-hydrogen) atoms. The van der Waals surface area contributed by atoms with Gasteiger partial charge in [-0.3, -0.25) is 0 Å². The van der Waals surface area contributed by atoms with E-state index in [-0.39, 0.29) is 38.4 Å². The predicted molar refractivity (Wildman–Crippen MR) is 106 cm³/mol. The molecule has 0 fully saturated rings. The van der Waals surface area contributed by atoms with Crippen LogP contribution in [-0.4, -0.2) is 11.9 Å². The molecule has 0 unspecified atom stereocenters. The van der Waals surface area contributed by atoms with Crippen LogP contribution in [0.15, 0.2) is 72.8 Å². The van der Waals surface area contributed by atoms with E-state index in [4.69, 9.17) is 0 Å². The van der Waals surface area contributed by atoms with Gasteiger partial charge in [-0.2, -0.15) is 0 Å². The fourth-order valence-electron chi connectivity index (χ4n) is 3.26. The summed E-state index contributed by atoms with van der Waals surface area (Å²) in [6, 6.07) is 21.7. The molecule has 4 rings (SSSR count). The zero-order chi connectivity index (χ0) is 20.3. The minimum absolute atomic E-state index is 0. The van der Waals surface area contributed by atoms with E-state index in [1.54, 1.807) is 36.4 Å². The summed E-state index contributed by atoms with van der Waals surface area (Å²) in [5.41, 5.74) is 2.66. The molecular formula is C24H18CdO4. The number of hydrogen-bond donors (Lipinski definition) is 0. The molecule has 0 aliphatic carbocycles. The van der Waals surface area contributed by atoms with Gasteiger partial charge >= 0.3 is 27.3 Å². The predicted octanol–water partition coefficient (Wildman–Crippen LogP) is 3.02. The Morgan fingerprint density at radius 1 is 0.552 bits per heavy atom. The Hall–Kier alpha value is -2.74. The van der Waals surface area contributed by atoms with Gasteiger partial charge in [0, 0.05) is 11.1 Å². The number of carbonyl (C=O) groups excluding carboxylic acids is 2. The van der Waals surface area contributed by atoms with Crippen molar-refractivity contribution >= 4 is 33.5 Å². The number of aromatic carboxylic acids is 2. The Kier molecular flexibility index (Phi) is 7.50. The second-order valence-corrected chi connectivity index (χ2v) is 6.53. The van der Waals surface area contributed by atoms with Crippen molar-refractivity contribution in [3.8, 4) is 0 Å². The molecule has 0 aromatic heterocycles. The van der Waals surface area contributed by atoms with Crippen LogP contribution in [0.25, 0.3) is 21.5 Å². The zero-order valence-electron chi connectivity index (χ0n) is 16.3. The van der Waals surface area contributed by atoms with Gasteiger partial charge in [-0.1, -0.05) is 72.8 Å². The average molecular weight is 483 g/mol. The SMILES string of the molecule is Cc1ccc(C(=O)[O-])c2ccccc12.Cc1ccc(C(=O)[O-])c2ccccc12.[Cd+2]. The standard InChI is InChI=1S/2C12H10O2.Cd/c2*1-8-6-7-11(12(13)14)10-5-3-2-4-9(8)10;/h2*2-7H,1H3,(H,13,14);/q;;+2/p-2. The van der Waals surface area contributed by atoms with Crippen LogP contribution >= 0.6 is 0 Å². The molecule has 0 aliphatic heterocycles. The molecule has 4 aromatic carbocycles. The van der Waals surface area contributed by atoms with Gasteiger partial charge in [-0.25, -0.2) is 0 Å². The molecule has 5 heteroatoms. The van der Waals surface area contributed by atoms with Crippen LogP contribution in [0.1, 0.15) is 31.8 Å². The summed E-state index contributed by atoms with van der Waals surface area (Å²) < 4.78 is 0. The van der Waals surface area contributed by atoms with Crippen molar-refractivity contribution < 1.29 is 47.1 Å². The van der Waals surface area contributed by atoms with Gasteiger partial charge in [0.1, 0.15) is 0 Å². The Balaban J connectivity index is 0.000000200. The van der Waals surface area contributed by atoms with Crippen LogP contribution in [-0.2, 0) is 27.3 Å². The van der Waals surface area contributed by atoms with Crippen molar-refractivity contribution in [2.24, 2.45) is 0 Å². The minimum Gasteiger partial charge on any atom is -0.545 e. The minimum atomic E-state index is -1.12. The largest absolute Gasteiger partial charge is 2.00 e. The van der Waals surface area contributed by atoms with Gasteiger partial charge in [0.15, 0.2) is 0 Å². The van der Waals surface area contributed by atoms with E-state index < -0.39 is 11.9 Å². The number of carboxylic acid groups (broad SMARTS) is 2. The van der Waals surface area contributed by atoms with Gasteiger partial charge in [-0.15, -0.1) is 0 Å². The van der Waals surface area contributed by atoms with Crippen LogP contribution in [0.3, 0.4) is 0 Å². The average Bonchev–Trinajstić information content (AvgIpc) is 2.69. The van der Waals surface area contributed by atoms with E-state index in [1.807, 2.05) is 50.2 Å². The Morgan fingerprint density at radius 3 is 1.17 bits per heavy atom. The Morgan fingerprint density at radius 2 is 0.862 bits per heavy atom. The van der Waals surface area contributed by atoms with Crippen molar-refractivity contribution in [3.05, 3.63) is 95.1 Å². The molecule has 0 saturated carbocycles. The summed E-state index contributed by atoms with van der Waals surface area (Å²) in [6.07, 6.45) is 0. The summed E-state index contributed by atoms with van der Waals surface area (Å²) in [6.45, 7) is 3.92. The van der Waals surface area contributed by atoms with Crippen LogP contribution in [0.4, 0.5) is 0 Å². The fourth-order valence-corrected chi connectivity index (χ4v) is 3.26. The number of benzene rings is 4. The first kappa shape index (κ1) is 22.6. The van der Waals surface area contributed by atoms with E-state index in [9.17, 15) is 19.8 Å². The van der Waals surface area contributed by atoms with E-state index >= 15 is 0 Å². The summed E-state index contributed by atoms with van der Waals surface area (Å²) in [5, 5.41) is 25.1. The van der Waals surface area contributed by atoms with Crippen molar-refractivity contribution in [1.82, 2.24) is 0 Å². The van der Waals surface area contributed by atoms with Gasteiger partial charge in [-0.05, 0) is 46.5 Å². The maximum Gasteiger partial charge on any atom is 2.00 e. The van der Waals surface area contributed by atoms with Gasteiger partial charge in [0.2, 0.25) is 0 Å². The molecule has 4 nitrogen and oxygen atoms in total. The molecule has 4 aromatic rings. The molecule has 140 valence electrons. The monoisotopic (exact) mass is 484 g/mol. The fraction of sp³-hybridized carbons (Fsp3) is 0.0833. The normalized spacial score (nSPS) is 10.0. The summed E-state index contributed by atoms with van der Waals surface area (Å²) >= 11 is 0. The number of carboxylic acids is 2. The van der Waals surface area contributed by atoms with E-state index in [0.717, 1.165) is 32.7 Å². The Labute approximate surface area is 189 Å². The van der Waals surface area contributed by atoms with Crippen LogP contribution < -0.4 is 10.2 Å². The number of hydrogen-bond acceptors (Lipinski definition) is 4. The van der Waals surface area contributed by atoms with Crippen molar-refractivity contribution in [1.29, 1.82) is 0 Å². The smallest absolute Gasteiger partial charge is 0.545 e. The number of rotatable bonds is 2. The third-order valence-electron chi connectivity index (χ3n) is 4.72. The Bertz CT molecular complexity index is 1100. The molecular weight excluding hydrogens is 465 g/mol. The zero-order valence-corrected chi connectivity index (χ0v) is 20.3. The third-order valence-corrected chi connectivity index (χ3v) is 4.72. The van der Waals surface area contributed by atoms with E-state index in [0.29, 0.717) is 0 Å². The number of carbonyl (C=O) groups is 2. The molecule has 0 aliphatic rings. The molecule has 0 bridgehead atoms. The second kappa shape index (κ2) is 9.65. The first-order valence-electron chi connectivity index (χ1n) is 8.79. The molecule has 0 heterocycles. The van der Waals surface area contributed by atoms with Crippen LogP contribution in [0, 0.1) is 13.8 Å². The van der Waals surface area contributed by atoms with E-state index in [1.165, 1.54) is 0 Å². The molecule has 0 spiro atoms. The second-order valence-electron chi connectivity index (χ2n) is 6.53. The van der Waals surface area contributed by atoms with Crippen LogP contribution in [0.2, 0.25) is 0 Å². The van der Waals surface area contributed by atoms with Crippen molar-refractivity contribution in [2.75, 3.05) is 0 Å². The molecule has 0 radical (unpaired) electrons. The topological polar surface area (TPSA) is 80.3 Å². The summed E-state index contributed by atoms with van der Waals surface area (Å²) in [7, 11) is 0. The molecule has 0 saturated heterocycles. The quantitative estimate of drug-likeness (QED) is 0.411. The van der Waals surface area contributed by atoms with E-state index in [2.05, 4.69) is 0 Å². The van der Waals surface area contributed by atoms with Gasteiger partial charge < -0.3 is 19.8 Å². The van der Waals surface area contributed by atoms with Crippen molar-refractivity contribution in [2.45, 2.75) is 13.8 Å². The third kappa shape index (κ3) is 4.82. The summed E-state index contributed by atoms with van der Waals surface area (Å²) in [5.74, 6) is -2.25. The first-order chi connectivity index (χ1) is 13.4.